The monoisotopic (exact) mass is 294 g/mol. The predicted octanol–water partition coefficient (Wildman–Crippen LogP) is 3.04. The van der Waals surface area contributed by atoms with Crippen LogP contribution in [0, 0.1) is 11.8 Å². The summed E-state index contributed by atoms with van der Waals surface area (Å²) in [5, 5.41) is 3.84. The summed E-state index contributed by atoms with van der Waals surface area (Å²) in [5.41, 5.74) is 0.0977. The van der Waals surface area contributed by atoms with Crippen LogP contribution in [0.1, 0.15) is 59.8 Å². The Kier molecular flexibility index (Phi) is 4.63. The van der Waals surface area contributed by atoms with Crippen LogP contribution in [0.3, 0.4) is 0 Å². The van der Waals surface area contributed by atoms with E-state index in [1.54, 1.807) is 0 Å². The molecule has 0 aromatic heterocycles. The van der Waals surface area contributed by atoms with Gasteiger partial charge in [-0.15, -0.1) is 0 Å². The van der Waals surface area contributed by atoms with E-state index in [4.69, 9.17) is 4.74 Å². The second-order valence-corrected chi connectivity index (χ2v) is 8.30. The van der Waals surface area contributed by atoms with Gasteiger partial charge in [0, 0.05) is 31.7 Å². The van der Waals surface area contributed by atoms with Gasteiger partial charge in [0.15, 0.2) is 0 Å². The zero-order chi connectivity index (χ0) is 15.0. The zero-order valence-corrected chi connectivity index (χ0v) is 14.4. The van der Waals surface area contributed by atoms with E-state index >= 15 is 0 Å². The standard InChI is InChI=1S/C18H34N2O/c1-5-13(2)17-10-19-16(14-6-7-14)12-20(17)11-15-8-9-18(3,4)21-15/h13-17,19H,5-12H2,1-4H3. The van der Waals surface area contributed by atoms with Crippen LogP contribution in [0.15, 0.2) is 0 Å². The lowest BCUT2D eigenvalue weighted by Gasteiger charge is -2.44. The molecule has 0 amide bonds. The van der Waals surface area contributed by atoms with Gasteiger partial charge in [-0.1, -0.05) is 20.3 Å². The van der Waals surface area contributed by atoms with Crippen molar-refractivity contribution in [3.8, 4) is 0 Å². The molecule has 0 radical (unpaired) electrons. The lowest BCUT2D eigenvalue weighted by molar-refractivity contribution is -0.0434. The van der Waals surface area contributed by atoms with Crippen molar-refractivity contribution >= 4 is 0 Å². The zero-order valence-electron chi connectivity index (χ0n) is 14.4. The highest BCUT2D eigenvalue weighted by Crippen LogP contribution is 2.36. The summed E-state index contributed by atoms with van der Waals surface area (Å²) in [4.78, 5) is 2.76. The summed E-state index contributed by atoms with van der Waals surface area (Å²) in [5.74, 6) is 1.72. The Labute approximate surface area is 130 Å². The number of nitrogens with one attached hydrogen (secondary N) is 1. The maximum atomic E-state index is 6.26. The van der Waals surface area contributed by atoms with Crippen LogP contribution in [-0.4, -0.2) is 48.3 Å². The fraction of sp³-hybridized carbons (Fsp3) is 1.00. The first kappa shape index (κ1) is 15.8. The second-order valence-electron chi connectivity index (χ2n) is 8.30. The largest absolute Gasteiger partial charge is 0.371 e. The van der Waals surface area contributed by atoms with Crippen LogP contribution in [-0.2, 0) is 4.74 Å². The van der Waals surface area contributed by atoms with Crippen molar-refractivity contribution in [2.24, 2.45) is 11.8 Å². The lowest BCUT2D eigenvalue weighted by atomic mass is 9.93. The topological polar surface area (TPSA) is 24.5 Å². The Bertz CT molecular complexity index is 353. The molecule has 0 aromatic rings. The van der Waals surface area contributed by atoms with E-state index in [9.17, 15) is 0 Å². The SMILES string of the molecule is CCC(C)C1CNC(C2CC2)CN1CC1CCC(C)(C)O1. The van der Waals surface area contributed by atoms with E-state index in [1.165, 1.54) is 45.2 Å². The number of hydrogen-bond donors (Lipinski definition) is 1. The van der Waals surface area contributed by atoms with Crippen molar-refractivity contribution in [1.82, 2.24) is 10.2 Å². The third-order valence-corrected chi connectivity index (χ3v) is 5.97. The Balaban J connectivity index is 1.61. The van der Waals surface area contributed by atoms with Gasteiger partial charge >= 0.3 is 0 Å². The molecule has 3 heteroatoms. The third kappa shape index (κ3) is 3.80. The number of nitrogens with zero attached hydrogens (tertiary/aromatic N) is 1. The van der Waals surface area contributed by atoms with Crippen LogP contribution in [0.25, 0.3) is 0 Å². The summed E-state index contributed by atoms with van der Waals surface area (Å²) < 4.78 is 6.26. The lowest BCUT2D eigenvalue weighted by Crippen LogP contribution is -2.60. The molecule has 2 aliphatic heterocycles. The predicted molar refractivity (Wildman–Crippen MR) is 87.5 cm³/mol. The van der Waals surface area contributed by atoms with Gasteiger partial charge in [-0.3, -0.25) is 4.90 Å². The van der Waals surface area contributed by atoms with Crippen molar-refractivity contribution in [2.45, 2.75) is 83.6 Å². The van der Waals surface area contributed by atoms with Gasteiger partial charge in [0.1, 0.15) is 0 Å². The van der Waals surface area contributed by atoms with Crippen molar-refractivity contribution in [3.05, 3.63) is 0 Å². The first-order chi connectivity index (χ1) is 9.98. The average Bonchev–Trinajstić information content (AvgIpc) is 3.23. The van der Waals surface area contributed by atoms with E-state index in [0.29, 0.717) is 12.1 Å². The van der Waals surface area contributed by atoms with Gasteiger partial charge in [-0.05, 0) is 51.4 Å². The summed E-state index contributed by atoms with van der Waals surface area (Å²) in [6.45, 7) is 12.8. The molecule has 3 nitrogen and oxygen atoms in total. The van der Waals surface area contributed by atoms with E-state index in [-0.39, 0.29) is 5.60 Å². The summed E-state index contributed by atoms with van der Waals surface area (Å²) >= 11 is 0. The van der Waals surface area contributed by atoms with Crippen LogP contribution in [0.2, 0.25) is 0 Å². The second kappa shape index (κ2) is 6.17. The van der Waals surface area contributed by atoms with E-state index < -0.39 is 0 Å². The quantitative estimate of drug-likeness (QED) is 0.843. The first-order valence-corrected chi connectivity index (χ1v) is 9.14. The van der Waals surface area contributed by atoms with Crippen LogP contribution < -0.4 is 5.32 Å². The summed E-state index contributed by atoms with van der Waals surface area (Å²) in [6, 6.07) is 1.43. The highest BCUT2D eigenvalue weighted by atomic mass is 16.5. The number of piperazine rings is 1. The van der Waals surface area contributed by atoms with E-state index in [1.807, 2.05) is 0 Å². The molecule has 1 aliphatic carbocycles. The van der Waals surface area contributed by atoms with Gasteiger partial charge in [-0.2, -0.15) is 0 Å². The Morgan fingerprint density at radius 1 is 1.29 bits per heavy atom. The van der Waals surface area contributed by atoms with Gasteiger partial charge in [-0.25, -0.2) is 0 Å². The molecule has 3 aliphatic rings. The molecule has 122 valence electrons. The minimum atomic E-state index is 0.0977. The van der Waals surface area contributed by atoms with Crippen molar-refractivity contribution < 1.29 is 4.74 Å². The fourth-order valence-electron chi connectivity index (χ4n) is 4.18. The first-order valence-electron chi connectivity index (χ1n) is 9.14. The van der Waals surface area contributed by atoms with E-state index in [0.717, 1.165) is 24.4 Å². The maximum absolute atomic E-state index is 6.26. The Morgan fingerprint density at radius 3 is 2.62 bits per heavy atom. The fourth-order valence-corrected chi connectivity index (χ4v) is 4.18. The number of hydrogen-bond acceptors (Lipinski definition) is 3. The third-order valence-electron chi connectivity index (χ3n) is 5.97. The normalized spacial score (nSPS) is 38.6. The molecule has 3 fully saturated rings. The average molecular weight is 294 g/mol. The maximum Gasteiger partial charge on any atom is 0.0710 e. The molecular formula is C18H34N2O. The molecule has 4 unspecified atom stereocenters. The summed E-state index contributed by atoms with van der Waals surface area (Å²) in [6.07, 6.45) is 7.04. The number of ether oxygens (including phenoxy) is 1. The molecule has 2 heterocycles. The molecule has 1 N–H and O–H groups in total. The molecule has 21 heavy (non-hydrogen) atoms. The molecule has 0 aromatic carbocycles. The molecule has 0 bridgehead atoms. The minimum absolute atomic E-state index is 0.0977. The van der Waals surface area contributed by atoms with Gasteiger partial charge in [0.05, 0.1) is 11.7 Å². The smallest absolute Gasteiger partial charge is 0.0710 e. The van der Waals surface area contributed by atoms with Crippen LogP contribution in [0.4, 0.5) is 0 Å². The van der Waals surface area contributed by atoms with Gasteiger partial charge < -0.3 is 10.1 Å². The number of rotatable bonds is 5. The Hall–Kier alpha value is -0.120. The molecule has 1 saturated carbocycles. The molecule has 4 atom stereocenters. The van der Waals surface area contributed by atoms with Crippen molar-refractivity contribution in [1.29, 1.82) is 0 Å². The molecule has 2 saturated heterocycles. The molecule has 0 spiro atoms. The Morgan fingerprint density at radius 2 is 2.05 bits per heavy atom. The van der Waals surface area contributed by atoms with Crippen molar-refractivity contribution in [2.75, 3.05) is 19.6 Å². The summed E-state index contributed by atoms with van der Waals surface area (Å²) in [7, 11) is 0. The highest BCUT2D eigenvalue weighted by molar-refractivity contribution is 4.97. The van der Waals surface area contributed by atoms with Gasteiger partial charge in [0.2, 0.25) is 0 Å². The highest BCUT2D eigenvalue weighted by Gasteiger charge is 2.40. The minimum Gasteiger partial charge on any atom is -0.371 e. The van der Waals surface area contributed by atoms with Crippen molar-refractivity contribution in [3.63, 3.8) is 0 Å². The van der Waals surface area contributed by atoms with Crippen LogP contribution in [0.5, 0.6) is 0 Å². The molecular weight excluding hydrogens is 260 g/mol. The van der Waals surface area contributed by atoms with Crippen LogP contribution >= 0.6 is 0 Å². The van der Waals surface area contributed by atoms with Gasteiger partial charge in [0.25, 0.3) is 0 Å². The molecule has 3 rings (SSSR count). The van der Waals surface area contributed by atoms with E-state index in [2.05, 4.69) is 37.9 Å².